The number of halogens is 1. The first-order valence-corrected chi connectivity index (χ1v) is 5.17. The van der Waals surface area contributed by atoms with Gasteiger partial charge in [-0.25, -0.2) is 4.39 Å². The molecule has 0 radical (unpaired) electrons. The second-order valence-corrected chi connectivity index (χ2v) is 3.72. The molecule has 0 spiro atoms. The molecule has 0 aromatic heterocycles. The molecule has 0 saturated carbocycles. The summed E-state index contributed by atoms with van der Waals surface area (Å²) in [5.41, 5.74) is 0.270. The minimum Gasteiger partial charge on any atom is -0.491 e. The average Bonchev–Trinajstić information content (AvgIpc) is 2.25. The zero-order valence-electron chi connectivity index (χ0n) is 9.74. The quantitative estimate of drug-likeness (QED) is 0.840. The van der Waals surface area contributed by atoms with Crippen LogP contribution in [-0.4, -0.2) is 24.9 Å². The van der Waals surface area contributed by atoms with Crippen molar-refractivity contribution in [3.63, 3.8) is 0 Å². The van der Waals surface area contributed by atoms with Crippen molar-refractivity contribution < 1.29 is 19.0 Å². The lowest BCUT2D eigenvalue weighted by atomic mass is 10.1. The number of aliphatic hydroxyl groups is 1. The molecule has 2 unspecified atom stereocenters. The summed E-state index contributed by atoms with van der Waals surface area (Å²) < 4.78 is 23.8. The molecule has 1 N–H and O–H groups in total. The third kappa shape index (κ3) is 3.47. The largest absolute Gasteiger partial charge is 0.491 e. The van der Waals surface area contributed by atoms with E-state index >= 15 is 0 Å². The summed E-state index contributed by atoms with van der Waals surface area (Å²) in [6, 6.07) is 4.42. The van der Waals surface area contributed by atoms with Gasteiger partial charge in [-0.05, 0) is 26.0 Å². The maximum atomic E-state index is 13.4. The first-order valence-electron chi connectivity index (χ1n) is 5.17. The maximum Gasteiger partial charge on any atom is 0.132 e. The van der Waals surface area contributed by atoms with E-state index in [0.29, 0.717) is 12.4 Å². The van der Waals surface area contributed by atoms with E-state index in [1.165, 1.54) is 19.1 Å². The normalized spacial score (nSPS) is 14.6. The molecule has 0 saturated heterocycles. The summed E-state index contributed by atoms with van der Waals surface area (Å²) in [7, 11) is 1.59. The van der Waals surface area contributed by atoms with Crippen LogP contribution in [0.4, 0.5) is 4.39 Å². The lowest BCUT2D eigenvalue weighted by Gasteiger charge is -2.13. The van der Waals surface area contributed by atoms with Crippen LogP contribution in [0.25, 0.3) is 0 Å². The molecular weight excluding hydrogens is 211 g/mol. The van der Waals surface area contributed by atoms with Crippen molar-refractivity contribution in [2.45, 2.75) is 26.1 Å². The second-order valence-electron chi connectivity index (χ2n) is 3.72. The molecule has 0 aliphatic heterocycles. The van der Waals surface area contributed by atoms with Crippen LogP contribution in [0.5, 0.6) is 5.75 Å². The van der Waals surface area contributed by atoms with E-state index < -0.39 is 11.9 Å². The Morgan fingerprint density at radius 1 is 1.38 bits per heavy atom. The number of hydrogen-bond acceptors (Lipinski definition) is 3. The molecule has 90 valence electrons. The number of benzene rings is 1. The Morgan fingerprint density at radius 2 is 2.06 bits per heavy atom. The fraction of sp³-hybridized carbons (Fsp3) is 0.500. The molecule has 4 heteroatoms. The predicted molar refractivity (Wildman–Crippen MR) is 59.0 cm³/mol. The van der Waals surface area contributed by atoms with Gasteiger partial charge in [0.15, 0.2) is 0 Å². The molecule has 1 rings (SSSR count). The Hall–Kier alpha value is -1.13. The summed E-state index contributed by atoms with van der Waals surface area (Å²) in [4.78, 5) is 0. The molecule has 0 fully saturated rings. The van der Waals surface area contributed by atoms with Crippen LogP contribution in [0, 0.1) is 5.82 Å². The summed E-state index contributed by atoms with van der Waals surface area (Å²) in [6.45, 7) is 3.75. The van der Waals surface area contributed by atoms with E-state index in [1.807, 2.05) is 6.92 Å². The fourth-order valence-corrected chi connectivity index (χ4v) is 1.22. The molecule has 1 aromatic carbocycles. The monoisotopic (exact) mass is 228 g/mol. The molecule has 0 amide bonds. The lowest BCUT2D eigenvalue weighted by Crippen LogP contribution is -2.16. The van der Waals surface area contributed by atoms with Crippen molar-refractivity contribution in [1.82, 2.24) is 0 Å². The van der Waals surface area contributed by atoms with E-state index in [1.54, 1.807) is 13.2 Å². The Kier molecular flexibility index (Phi) is 4.71. The van der Waals surface area contributed by atoms with E-state index in [-0.39, 0.29) is 11.7 Å². The van der Waals surface area contributed by atoms with Crippen molar-refractivity contribution >= 4 is 0 Å². The second kappa shape index (κ2) is 5.82. The average molecular weight is 228 g/mol. The van der Waals surface area contributed by atoms with Gasteiger partial charge in [0.25, 0.3) is 0 Å². The molecular formula is C12H17FO3. The standard InChI is InChI=1S/C12H17FO3/c1-8(15-3)7-16-10-4-5-11(9(2)14)12(13)6-10/h4-6,8-9,14H,7H2,1-3H3. The summed E-state index contributed by atoms with van der Waals surface area (Å²) in [5.74, 6) is -0.0247. The van der Waals surface area contributed by atoms with Gasteiger partial charge >= 0.3 is 0 Å². The van der Waals surface area contributed by atoms with Gasteiger partial charge in [-0.1, -0.05) is 0 Å². The molecule has 0 aliphatic carbocycles. The van der Waals surface area contributed by atoms with Gasteiger partial charge in [-0.15, -0.1) is 0 Å². The van der Waals surface area contributed by atoms with Crippen molar-refractivity contribution in [3.05, 3.63) is 29.6 Å². The Morgan fingerprint density at radius 3 is 2.56 bits per heavy atom. The van der Waals surface area contributed by atoms with Crippen LogP contribution in [0.2, 0.25) is 0 Å². The van der Waals surface area contributed by atoms with Gasteiger partial charge in [0.2, 0.25) is 0 Å². The van der Waals surface area contributed by atoms with Gasteiger partial charge in [0, 0.05) is 18.7 Å². The first-order chi connectivity index (χ1) is 7.54. The SMILES string of the molecule is COC(C)COc1ccc(C(C)O)c(F)c1. The summed E-state index contributed by atoms with van der Waals surface area (Å²) >= 11 is 0. The van der Waals surface area contributed by atoms with Crippen molar-refractivity contribution in [3.8, 4) is 5.75 Å². The van der Waals surface area contributed by atoms with Crippen LogP contribution in [-0.2, 0) is 4.74 Å². The van der Waals surface area contributed by atoms with Crippen LogP contribution >= 0.6 is 0 Å². The fourth-order valence-electron chi connectivity index (χ4n) is 1.22. The Balaban J connectivity index is 2.66. The van der Waals surface area contributed by atoms with Crippen molar-refractivity contribution in [2.24, 2.45) is 0 Å². The lowest BCUT2D eigenvalue weighted by molar-refractivity contribution is 0.0715. The highest BCUT2D eigenvalue weighted by Gasteiger charge is 2.09. The maximum absolute atomic E-state index is 13.4. The van der Waals surface area contributed by atoms with E-state index in [2.05, 4.69) is 0 Å². The third-order valence-electron chi connectivity index (χ3n) is 2.31. The smallest absolute Gasteiger partial charge is 0.132 e. The zero-order chi connectivity index (χ0) is 12.1. The van der Waals surface area contributed by atoms with Crippen LogP contribution in [0.3, 0.4) is 0 Å². The van der Waals surface area contributed by atoms with Gasteiger partial charge in [-0.3, -0.25) is 0 Å². The van der Waals surface area contributed by atoms with Gasteiger partial charge < -0.3 is 14.6 Å². The summed E-state index contributed by atoms with van der Waals surface area (Å²) in [6.07, 6.45) is -0.855. The van der Waals surface area contributed by atoms with Crippen molar-refractivity contribution in [1.29, 1.82) is 0 Å². The Bertz CT molecular complexity index is 339. The van der Waals surface area contributed by atoms with E-state index in [0.717, 1.165) is 0 Å². The van der Waals surface area contributed by atoms with Crippen LogP contribution in [0.15, 0.2) is 18.2 Å². The molecule has 2 atom stereocenters. The van der Waals surface area contributed by atoms with E-state index in [4.69, 9.17) is 9.47 Å². The van der Waals surface area contributed by atoms with Crippen molar-refractivity contribution in [2.75, 3.05) is 13.7 Å². The van der Waals surface area contributed by atoms with E-state index in [9.17, 15) is 9.50 Å². The number of rotatable bonds is 5. The Labute approximate surface area is 94.8 Å². The molecule has 16 heavy (non-hydrogen) atoms. The zero-order valence-corrected chi connectivity index (χ0v) is 9.74. The number of aliphatic hydroxyl groups excluding tert-OH is 1. The van der Waals surface area contributed by atoms with Crippen LogP contribution < -0.4 is 4.74 Å². The topological polar surface area (TPSA) is 38.7 Å². The highest BCUT2D eigenvalue weighted by atomic mass is 19.1. The highest BCUT2D eigenvalue weighted by molar-refractivity contribution is 5.30. The molecule has 0 aliphatic rings. The van der Waals surface area contributed by atoms with Crippen LogP contribution in [0.1, 0.15) is 25.5 Å². The summed E-state index contributed by atoms with van der Waals surface area (Å²) in [5, 5.41) is 9.25. The van der Waals surface area contributed by atoms with Gasteiger partial charge in [-0.2, -0.15) is 0 Å². The van der Waals surface area contributed by atoms with Gasteiger partial charge in [0.05, 0.1) is 12.2 Å². The molecule has 0 heterocycles. The van der Waals surface area contributed by atoms with Gasteiger partial charge in [0.1, 0.15) is 18.2 Å². The predicted octanol–water partition coefficient (Wildman–Crippen LogP) is 2.29. The number of ether oxygens (including phenoxy) is 2. The molecule has 1 aromatic rings. The molecule has 0 bridgehead atoms. The highest BCUT2D eigenvalue weighted by Crippen LogP contribution is 2.21. The third-order valence-corrected chi connectivity index (χ3v) is 2.31. The molecule has 3 nitrogen and oxygen atoms in total. The first kappa shape index (κ1) is 12.9. The number of methoxy groups -OCH3 is 1. The minimum absolute atomic E-state index is 0.0421. The minimum atomic E-state index is -0.813. The number of hydrogen-bond donors (Lipinski definition) is 1.